The predicted octanol–water partition coefficient (Wildman–Crippen LogP) is 2.04. The third kappa shape index (κ3) is 2.98. The highest BCUT2D eigenvalue weighted by atomic mass is 16.5. The number of aryl methyl sites for hydroxylation is 1. The Morgan fingerprint density at radius 3 is 2.94 bits per heavy atom. The molecule has 0 aliphatic carbocycles. The number of rotatable bonds is 4. The van der Waals surface area contributed by atoms with E-state index in [0.717, 1.165) is 24.9 Å². The molecule has 1 fully saturated rings. The largest absolute Gasteiger partial charge is 0.381 e. The summed E-state index contributed by atoms with van der Waals surface area (Å²) in [5, 5.41) is 7.65. The SMILES string of the molecule is CC(CC1CCOCC1)Nc1ccnn1C. The summed E-state index contributed by atoms with van der Waals surface area (Å²) in [5.41, 5.74) is 0. The maximum atomic E-state index is 5.37. The Morgan fingerprint density at radius 2 is 2.31 bits per heavy atom. The molecule has 0 spiro atoms. The van der Waals surface area contributed by atoms with Crippen LogP contribution in [0.4, 0.5) is 5.82 Å². The molecule has 1 aromatic rings. The van der Waals surface area contributed by atoms with Gasteiger partial charge in [-0.25, -0.2) is 0 Å². The van der Waals surface area contributed by atoms with Crippen molar-refractivity contribution in [3.8, 4) is 0 Å². The van der Waals surface area contributed by atoms with Gasteiger partial charge in [0.25, 0.3) is 0 Å². The van der Waals surface area contributed by atoms with Crippen molar-refractivity contribution >= 4 is 5.82 Å². The molecular formula is C12H21N3O. The maximum absolute atomic E-state index is 5.37. The quantitative estimate of drug-likeness (QED) is 0.849. The third-order valence-corrected chi connectivity index (χ3v) is 3.24. The van der Waals surface area contributed by atoms with Crippen molar-refractivity contribution in [1.29, 1.82) is 0 Å². The Labute approximate surface area is 97.0 Å². The highest BCUT2D eigenvalue weighted by Gasteiger charge is 2.17. The molecule has 4 nitrogen and oxygen atoms in total. The molecule has 1 atom stereocenters. The zero-order valence-corrected chi connectivity index (χ0v) is 10.1. The topological polar surface area (TPSA) is 39.1 Å². The Bertz CT molecular complexity index is 318. The van der Waals surface area contributed by atoms with Crippen molar-refractivity contribution in [3.63, 3.8) is 0 Å². The lowest BCUT2D eigenvalue weighted by Crippen LogP contribution is -2.24. The Kier molecular flexibility index (Phi) is 3.83. The van der Waals surface area contributed by atoms with E-state index in [2.05, 4.69) is 17.3 Å². The van der Waals surface area contributed by atoms with E-state index in [9.17, 15) is 0 Å². The standard InChI is InChI=1S/C12H21N3O/c1-10(9-11-4-7-16-8-5-11)14-12-3-6-13-15(12)2/h3,6,10-11,14H,4-5,7-9H2,1-2H3. The average molecular weight is 223 g/mol. The number of nitrogens with one attached hydrogen (secondary N) is 1. The second-order valence-corrected chi connectivity index (χ2v) is 4.68. The fraction of sp³-hybridized carbons (Fsp3) is 0.750. The third-order valence-electron chi connectivity index (χ3n) is 3.24. The van der Waals surface area contributed by atoms with Gasteiger partial charge in [0.2, 0.25) is 0 Å². The number of hydrogen-bond acceptors (Lipinski definition) is 3. The molecule has 4 heteroatoms. The molecule has 1 aliphatic rings. The van der Waals surface area contributed by atoms with E-state index in [4.69, 9.17) is 4.74 Å². The first kappa shape index (κ1) is 11.5. The molecular weight excluding hydrogens is 202 g/mol. The molecule has 2 rings (SSSR count). The second-order valence-electron chi connectivity index (χ2n) is 4.68. The van der Waals surface area contributed by atoms with Crippen molar-refractivity contribution in [3.05, 3.63) is 12.3 Å². The van der Waals surface area contributed by atoms with Crippen LogP contribution in [-0.4, -0.2) is 29.0 Å². The van der Waals surface area contributed by atoms with Crippen LogP contribution in [0.5, 0.6) is 0 Å². The van der Waals surface area contributed by atoms with E-state index >= 15 is 0 Å². The highest BCUT2D eigenvalue weighted by Crippen LogP contribution is 2.21. The summed E-state index contributed by atoms with van der Waals surface area (Å²) in [6, 6.07) is 2.51. The van der Waals surface area contributed by atoms with Gasteiger partial charge in [-0.2, -0.15) is 5.10 Å². The molecule has 1 aromatic heterocycles. The molecule has 0 radical (unpaired) electrons. The van der Waals surface area contributed by atoms with E-state index in [-0.39, 0.29) is 0 Å². The van der Waals surface area contributed by atoms with Crippen LogP contribution in [0.25, 0.3) is 0 Å². The fourth-order valence-corrected chi connectivity index (χ4v) is 2.31. The lowest BCUT2D eigenvalue weighted by atomic mass is 9.93. The van der Waals surface area contributed by atoms with Crippen LogP contribution in [0.2, 0.25) is 0 Å². The molecule has 1 aliphatic heterocycles. The minimum atomic E-state index is 0.499. The van der Waals surface area contributed by atoms with Gasteiger partial charge in [-0.15, -0.1) is 0 Å². The van der Waals surface area contributed by atoms with Crippen molar-refractivity contribution in [2.75, 3.05) is 18.5 Å². The van der Waals surface area contributed by atoms with E-state index in [1.807, 2.05) is 24.0 Å². The second kappa shape index (κ2) is 5.34. The smallest absolute Gasteiger partial charge is 0.124 e. The average Bonchev–Trinajstić information content (AvgIpc) is 2.66. The normalized spacial score (nSPS) is 19.6. The molecule has 0 amide bonds. The number of ether oxygens (including phenoxy) is 1. The highest BCUT2D eigenvalue weighted by molar-refractivity contribution is 5.34. The zero-order valence-electron chi connectivity index (χ0n) is 10.1. The number of hydrogen-bond donors (Lipinski definition) is 1. The lowest BCUT2D eigenvalue weighted by Gasteiger charge is -2.25. The van der Waals surface area contributed by atoms with E-state index in [1.54, 1.807) is 0 Å². The Balaban J connectivity index is 1.79. The van der Waals surface area contributed by atoms with Crippen molar-refractivity contribution in [1.82, 2.24) is 9.78 Å². The first-order valence-electron chi connectivity index (χ1n) is 6.08. The monoisotopic (exact) mass is 223 g/mol. The molecule has 1 unspecified atom stereocenters. The van der Waals surface area contributed by atoms with Gasteiger partial charge in [0.1, 0.15) is 5.82 Å². The van der Waals surface area contributed by atoms with E-state index < -0.39 is 0 Å². The minimum absolute atomic E-state index is 0.499. The van der Waals surface area contributed by atoms with Gasteiger partial charge in [-0.3, -0.25) is 4.68 Å². The minimum Gasteiger partial charge on any atom is -0.381 e. The van der Waals surface area contributed by atoms with Gasteiger partial charge < -0.3 is 10.1 Å². The van der Waals surface area contributed by atoms with Crippen LogP contribution in [0.1, 0.15) is 26.2 Å². The summed E-state index contributed by atoms with van der Waals surface area (Å²) in [6.07, 6.45) is 5.45. The molecule has 0 saturated carbocycles. The van der Waals surface area contributed by atoms with Gasteiger partial charge in [-0.05, 0) is 32.1 Å². The molecule has 0 bridgehead atoms. The molecule has 1 N–H and O–H groups in total. The van der Waals surface area contributed by atoms with Gasteiger partial charge in [-0.1, -0.05) is 0 Å². The van der Waals surface area contributed by atoms with Crippen LogP contribution in [0.15, 0.2) is 12.3 Å². The Hall–Kier alpha value is -1.03. The molecule has 16 heavy (non-hydrogen) atoms. The van der Waals surface area contributed by atoms with Crippen molar-refractivity contribution in [2.24, 2.45) is 13.0 Å². The van der Waals surface area contributed by atoms with Crippen LogP contribution in [0, 0.1) is 5.92 Å². The predicted molar refractivity (Wildman–Crippen MR) is 64.5 cm³/mol. The number of anilines is 1. The molecule has 2 heterocycles. The lowest BCUT2D eigenvalue weighted by molar-refractivity contribution is 0.0629. The fourth-order valence-electron chi connectivity index (χ4n) is 2.31. The molecule has 0 aromatic carbocycles. The summed E-state index contributed by atoms with van der Waals surface area (Å²) in [4.78, 5) is 0. The van der Waals surface area contributed by atoms with E-state index in [0.29, 0.717) is 6.04 Å². The van der Waals surface area contributed by atoms with Crippen LogP contribution in [0.3, 0.4) is 0 Å². The maximum Gasteiger partial charge on any atom is 0.124 e. The summed E-state index contributed by atoms with van der Waals surface area (Å²) in [5.74, 6) is 1.91. The zero-order chi connectivity index (χ0) is 11.4. The van der Waals surface area contributed by atoms with Crippen LogP contribution < -0.4 is 5.32 Å². The molecule has 90 valence electrons. The van der Waals surface area contributed by atoms with Crippen LogP contribution >= 0.6 is 0 Å². The van der Waals surface area contributed by atoms with Gasteiger partial charge in [0.05, 0.1) is 6.20 Å². The summed E-state index contributed by atoms with van der Waals surface area (Å²) < 4.78 is 7.25. The number of aromatic nitrogens is 2. The number of nitrogens with zero attached hydrogens (tertiary/aromatic N) is 2. The van der Waals surface area contributed by atoms with Crippen LogP contribution in [-0.2, 0) is 11.8 Å². The van der Waals surface area contributed by atoms with Gasteiger partial charge in [0, 0.05) is 32.4 Å². The molecule has 1 saturated heterocycles. The van der Waals surface area contributed by atoms with Gasteiger partial charge >= 0.3 is 0 Å². The summed E-state index contributed by atoms with van der Waals surface area (Å²) >= 11 is 0. The van der Waals surface area contributed by atoms with E-state index in [1.165, 1.54) is 19.3 Å². The summed E-state index contributed by atoms with van der Waals surface area (Å²) in [7, 11) is 1.96. The Morgan fingerprint density at radius 1 is 1.56 bits per heavy atom. The first-order chi connectivity index (χ1) is 7.75. The van der Waals surface area contributed by atoms with Crippen molar-refractivity contribution in [2.45, 2.75) is 32.2 Å². The summed E-state index contributed by atoms with van der Waals surface area (Å²) in [6.45, 7) is 4.11. The van der Waals surface area contributed by atoms with Crippen molar-refractivity contribution < 1.29 is 4.74 Å². The van der Waals surface area contributed by atoms with Gasteiger partial charge in [0.15, 0.2) is 0 Å². The first-order valence-corrected chi connectivity index (χ1v) is 6.08.